The van der Waals surface area contributed by atoms with Gasteiger partial charge in [-0.2, -0.15) is 8.78 Å². The molecule has 3 aliphatic rings. The number of halogens is 2. The van der Waals surface area contributed by atoms with Gasteiger partial charge in [-0.15, -0.1) is 0 Å². The zero-order chi connectivity index (χ0) is 30.9. The van der Waals surface area contributed by atoms with Crippen molar-refractivity contribution in [2.24, 2.45) is 11.3 Å². The highest BCUT2D eigenvalue weighted by Gasteiger charge is 2.41. The fraction of sp³-hybridized carbons (Fsp3) is 0.485. The van der Waals surface area contributed by atoms with Crippen molar-refractivity contribution < 1.29 is 32.6 Å². The minimum absolute atomic E-state index is 0.0318. The zero-order valence-corrected chi connectivity index (χ0v) is 24.7. The van der Waals surface area contributed by atoms with Crippen LogP contribution in [0.5, 0.6) is 5.75 Å². The predicted octanol–water partition coefficient (Wildman–Crippen LogP) is 3.91. The Kier molecular flexibility index (Phi) is 10.6. The molecule has 2 saturated heterocycles. The molecule has 3 aliphatic heterocycles. The van der Waals surface area contributed by atoms with Crippen molar-refractivity contribution in [3.63, 3.8) is 0 Å². The van der Waals surface area contributed by atoms with Gasteiger partial charge in [0.05, 0.1) is 17.6 Å². The van der Waals surface area contributed by atoms with Gasteiger partial charge >= 0.3 is 6.61 Å². The molecule has 3 heterocycles. The van der Waals surface area contributed by atoms with Crippen LogP contribution in [-0.2, 0) is 25.5 Å². The van der Waals surface area contributed by atoms with Crippen molar-refractivity contribution in [2.75, 3.05) is 38.2 Å². The lowest BCUT2D eigenvalue weighted by Gasteiger charge is -2.40. The lowest BCUT2D eigenvalue weighted by molar-refractivity contribution is -0.140. The number of ether oxygens (including phenoxy) is 2. The molecule has 0 aliphatic carbocycles. The van der Waals surface area contributed by atoms with Crippen molar-refractivity contribution in [3.05, 3.63) is 72.3 Å². The molecule has 2 aromatic rings. The molecule has 0 unspecified atom stereocenters. The van der Waals surface area contributed by atoms with E-state index in [0.717, 1.165) is 5.56 Å². The number of hydrogen-bond acceptors (Lipinski definition) is 6. The molecule has 11 heteroatoms. The predicted molar refractivity (Wildman–Crippen MR) is 161 cm³/mol. The van der Waals surface area contributed by atoms with E-state index in [1.54, 1.807) is 12.1 Å². The number of fused-ring (bicyclic) bond motifs is 1. The monoisotopic (exact) mass is 610 g/mol. The van der Waals surface area contributed by atoms with Crippen LogP contribution in [0.4, 0.5) is 14.5 Å². The first-order valence-electron chi connectivity index (χ1n) is 15.3. The summed E-state index contributed by atoms with van der Waals surface area (Å²) in [5.41, 5.74) is 0.505. The summed E-state index contributed by atoms with van der Waals surface area (Å²) in [5, 5.41) is 9.02. The third-order valence-corrected chi connectivity index (χ3v) is 8.84. The fourth-order valence-corrected chi connectivity index (χ4v) is 6.36. The third kappa shape index (κ3) is 8.21. The highest BCUT2D eigenvalue weighted by atomic mass is 19.3. The maximum absolute atomic E-state index is 13.8. The van der Waals surface area contributed by atoms with Crippen molar-refractivity contribution in [1.82, 2.24) is 15.5 Å². The molecule has 5 rings (SSSR count). The molecule has 0 radical (unpaired) electrons. The van der Waals surface area contributed by atoms with Gasteiger partial charge in [0.2, 0.25) is 17.7 Å². The van der Waals surface area contributed by atoms with Crippen LogP contribution in [0.2, 0.25) is 0 Å². The van der Waals surface area contributed by atoms with E-state index in [1.807, 2.05) is 35.2 Å². The van der Waals surface area contributed by atoms with Gasteiger partial charge in [-0.1, -0.05) is 54.6 Å². The Morgan fingerprint density at radius 3 is 2.57 bits per heavy atom. The van der Waals surface area contributed by atoms with Crippen LogP contribution in [0.1, 0.15) is 37.7 Å². The van der Waals surface area contributed by atoms with Crippen molar-refractivity contribution in [2.45, 2.75) is 57.2 Å². The standard InChI is InChI=1S/C33H40F2N4O5/c34-32(35)44-28-12-5-4-11-26(28)36-29(40)22-39-17-13-25-24(21-39)10-6-7-14-33(15-18-43-19-16-33)31(42)38-27(30(41)37-25)20-23-8-2-1-3-9-23/h1-9,11-12,24-25,27,32H,10,13-22H2,(H,36,40)(H,37,41)(H,38,42)/b7-6+/t24-,25+,27+/m0/s1. The van der Waals surface area contributed by atoms with Crippen LogP contribution < -0.4 is 20.7 Å². The van der Waals surface area contributed by atoms with E-state index < -0.39 is 18.1 Å². The molecule has 44 heavy (non-hydrogen) atoms. The highest BCUT2D eigenvalue weighted by Crippen LogP contribution is 2.36. The number of hydrogen-bond donors (Lipinski definition) is 3. The number of benzene rings is 2. The molecular weight excluding hydrogens is 570 g/mol. The number of piperidine rings is 1. The number of carbonyl (C=O) groups is 3. The Hall–Kier alpha value is -3.83. The number of carbonyl (C=O) groups excluding carboxylic acids is 3. The van der Waals surface area contributed by atoms with Gasteiger partial charge in [-0.3, -0.25) is 19.3 Å². The number of para-hydroxylation sites is 2. The molecule has 3 atom stereocenters. The normalized spacial score (nSPS) is 25.1. The topological polar surface area (TPSA) is 109 Å². The highest BCUT2D eigenvalue weighted by molar-refractivity contribution is 5.93. The second-order valence-electron chi connectivity index (χ2n) is 11.8. The van der Waals surface area contributed by atoms with Gasteiger partial charge in [0.25, 0.3) is 0 Å². The minimum atomic E-state index is -3.00. The summed E-state index contributed by atoms with van der Waals surface area (Å²) in [4.78, 5) is 42.4. The van der Waals surface area contributed by atoms with E-state index in [1.165, 1.54) is 12.1 Å². The number of nitrogens with zero attached hydrogens (tertiary/aromatic N) is 1. The van der Waals surface area contributed by atoms with Crippen LogP contribution in [0, 0.1) is 11.3 Å². The van der Waals surface area contributed by atoms with E-state index in [2.05, 4.69) is 32.8 Å². The van der Waals surface area contributed by atoms with E-state index in [0.29, 0.717) is 64.8 Å². The second kappa shape index (κ2) is 14.8. The number of nitrogens with one attached hydrogen (secondary N) is 3. The van der Waals surface area contributed by atoms with E-state index >= 15 is 0 Å². The first kappa shape index (κ1) is 31.6. The Balaban J connectivity index is 1.30. The molecule has 9 nitrogen and oxygen atoms in total. The quantitative estimate of drug-likeness (QED) is 0.411. The lowest BCUT2D eigenvalue weighted by atomic mass is 9.75. The maximum Gasteiger partial charge on any atom is 0.387 e. The van der Waals surface area contributed by atoms with Gasteiger partial charge in [0, 0.05) is 38.8 Å². The molecule has 2 aromatic carbocycles. The summed E-state index contributed by atoms with van der Waals surface area (Å²) in [5.74, 6) is -0.732. The van der Waals surface area contributed by atoms with E-state index in [9.17, 15) is 23.2 Å². The van der Waals surface area contributed by atoms with Crippen molar-refractivity contribution in [1.29, 1.82) is 0 Å². The molecule has 0 aromatic heterocycles. The average molecular weight is 611 g/mol. The molecule has 3 amide bonds. The van der Waals surface area contributed by atoms with Crippen molar-refractivity contribution >= 4 is 23.4 Å². The number of likely N-dealkylation sites (tertiary alicyclic amines) is 1. The molecule has 236 valence electrons. The van der Waals surface area contributed by atoms with Gasteiger partial charge < -0.3 is 25.4 Å². The second-order valence-corrected chi connectivity index (χ2v) is 11.8. The average Bonchev–Trinajstić information content (AvgIpc) is 3.01. The molecule has 0 bridgehead atoms. The van der Waals surface area contributed by atoms with Crippen LogP contribution in [0.3, 0.4) is 0 Å². The Morgan fingerprint density at radius 2 is 1.80 bits per heavy atom. The van der Waals surface area contributed by atoms with E-state index in [-0.39, 0.29) is 47.7 Å². The molecule has 0 saturated carbocycles. The molecule has 3 N–H and O–H groups in total. The molecule has 1 spiro atoms. The number of allylic oxidation sites excluding steroid dienone is 2. The molecule has 2 fully saturated rings. The number of amides is 3. The first-order chi connectivity index (χ1) is 21.3. The fourth-order valence-electron chi connectivity index (χ4n) is 6.36. The van der Waals surface area contributed by atoms with Crippen LogP contribution in [-0.4, -0.2) is 74.2 Å². The summed E-state index contributed by atoms with van der Waals surface area (Å²) in [7, 11) is 0. The number of rotatable bonds is 7. The third-order valence-electron chi connectivity index (χ3n) is 8.84. The first-order valence-corrected chi connectivity index (χ1v) is 15.3. The lowest BCUT2D eigenvalue weighted by Crippen LogP contribution is -2.58. The molecular formula is C33H40F2N4O5. The van der Waals surface area contributed by atoms with Crippen LogP contribution in [0.15, 0.2) is 66.7 Å². The van der Waals surface area contributed by atoms with Crippen molar-refractivity contribution in [3.8, 4) is 5.75 Å². The van der Waals surface area contributed by atoms with Gasteiger partial charge in [0.15, 0.2) is 0 Å². The van der Waals surface area contributed by atoms with Gasteiger partial charge in [-0.05, 0) is 55.7 Å². The Morgan fingerprint density at radius 1 is 1.05 bits per heavy atom. The smallest absolute Gasteiger partial charge is 0.387 e. The summed E-state index contributed by atoms with van der Waals surface area (Å²) in [6, 6.07) is 14.9. The van der Waals surface area contributed by atoms with Crippen LogP contribution in [0.25, 0.3) is 0 Å². The minimum Gasteiger partial charge on any atom is -0.433 e. The van der Waals surface area contributed by atoms with E-state index in [4.69, 9.17) is 4.74 Å². The Bertz CT molecular complexity index is 1320. The number of anilines is 1. The Labute approximate surface area is 256 Å². The maximum atomic E-state index is 13.8. The summed E-state index contributed by atoms with van der Waals surface area (Å²) < 4.78 is 35.7. The summed E-state index contributed by atoms with van der Waals surface area (Å²) in [6.07, 6.45) is 7.56. The van der Waals surface area contributed by atoms with Crippen LogP contribution >= 0.6 is 0 Å². The van der Waals surface area contributed by atoms with Gasteiger partial charge in [-0.25, -0.2) is 0 Å². The summed E-state index contributed by atoms with van der Waals surface area (Å²) in [6.45, 7) is -0.814. The largest absolute Gasteiger partial charge is 0.433 e. The summed E-state index contributed by atoms with van der Waals surface area (Å²) >= 11 is 0. The van der Waals surface area contributed by atoms with Gasteiger partial charge in [0.1, 0.15) is 11.8 Å². The zero-order valence-electron chi connectivity index (χ0n) is 24.7. The number of alkyl halides is 2. The SMILES string of the molecule is O=C(CN1CC[C@H]2NC(=O)[C@@H](Cc3ccccc3)NC(=O)C3(C/C=C/C[C@H]2C1)CCOCC3)Nc1ccccc1OC(F)F.